The maximum Gasteiger partial charge on any atom is 0.419 e. The third kappa shape index (κ3) is 2.55. The Balaban J connectivity index is 1.86. The average molecular weight is 286 g/mol. The Hall–Kier alpha value is -1.10. The minimum atomic E-state index is -4.64. The molecule has 0 amide bonds. The van der Waals surface area contributed by atoms with Crippen molar-refractivity contribution < 1.29 is 17.6 Å². The van der Waals surface area contributed by atoms with Gasteiger partial charge in [0.2, 0.25) is 0 Å². The monoisotopic (exact) mass is 286 g/mol. The van der Waals surface area contributed by atoms with Gasteiger partial charge in [0.1, 0.15) is 5.82 Å². The first-order valence-electron chi connectivity index (χ1n) is 6.87. The van der Waals surface area contributed by atoms with Crippen molar-refractivity contribution in [2.45, 2.75) is 43.3 Å². The fraction of sp³-hybridized carbons (Fsp3) is 0.533. The molecule has 0 spiro atoms. The molecule has 1 N–H and O–H groups in total. The Morgan fingerprint density at radius 1 is 1.25 bits per heavy atom. The van der Waals surface area contributed by atoms with Gasteiger partial charge in [0.25, 0.3) is 0 Å². The maximum absolute atomic E-state index is 13.3. The molecule has 1 aromatic carbocycles. The number of nitrogens with one attached hydrogen (secondary N) is 1. The summed E-state index contributed by atoms with van der Waals surface area (Å²) in [4.78, 5) is 0. The summed E-state index contributed by atoms with van der Waals surface area (Å²) in [6, 6.07) is 3.67. The van der Waals surface area contributed by atoms with Crippen molar-refractivity contribution in [3.63, 3.8) is 0 Å². The second-order valence-corrected chi connectivity index (χ2v) is 5.72. The van der Waals surface area contributed by atoms with Gasteiger partial charge in [0.15, 0.2) is 0 Å². The van der Waals surface area contributed by atoms with E-state index in [0.29, 0.717) is 5.56 Å². The van der Waals surface area contributed by atoms with Gasteiger partial charge >= 0.3 is 6.18 Å². The van der Waals surface area contributed by atoms with E-state index in [9.17, 15) is 17.6 Å². The first-order valence-corrected chi connectivity index (χ1v) is 6.87. The van der Waals surface area contributed by atoms with Crippen LogP contribution in [0.15, 0.2) is 18.2 Å². The molecule has 20 heavy (non-hydrogen) atoms. The highest BCUT2D eigenvalue weighted by molar-refractivity contribution is 5.40. The van der Waals surface area contributed by atoms with Gasteiger partial charge in [-0.25, -0.2) is 4.39 Å². The van der Waals surface area contributed by atoms with E-state index in [1.807, 2.05) is 0 Å². The zero-order valence-electron chi connectivity index (χ0n) is 10.9. The maximum atomic E-state index is 13.3. The summed E-state index contributed by atoms with van der Waals surface area (Å²) in [6.45, 7) is 0.953. The van der Waals surface area contributed by atoms with E-state index < -0.39 is 17.6 Å². The molecule has 2 fully saturated rings. The van der Waals surface area contributed by atoms with Gasteiger partial charge in [-0.1, -0.05) is 6.07 Å². The second-order valence-electron chi connectivity index (χ2n) is 5.72. The van der Waals surface area contributed by atoms with E-state index in [0.717, 1.165) is 44.4 Å². The van der Waals surface area contributed by atoms with Crippen LogP contribution in [-0.2, 0) is 11.6 Å². The molecular weight excluding hydrogens is 270 g/mol. The minimum Gasteiger partial charge on any atom is -0.314 e. The predicted molar refractivity (Wildman–Crippen MR) is 67.6 cm³/mol. The number of hydrogen-bond acceptors (Lipinski definition) is 1. The second kappa shape index (κ2) is 4.72. The predicted octanol–water partition coefficient (Wildman–Crippen LogP) is 3.83. The lowest BCUT2D eigenvalue weighted by molar-refractivity contribution is -0.140. The summed E-state index contributed by atoms with van der Waals surface area (Å²) in [5, 5.41) is 3.33. The molecule has 1 saturated carbocycles. The lowest BCUT2D eigenvalue weighted by atomic mass is 9.87. The van der Waals surface area contributed by atoms with Crippen LogP contribution < -0.4 is 5.32 Å². The van der Waals surface area contributed by atoms with Crippen molar-refractivity contribution in [3.8, 4) is 0 Å². The molecule has 0 unspecified atom stereocenters. The van der Waals surface area contributed by atoms with Gasteiger partial charge in [-0.05, 0) is 56.3 Å². The van der Waals surface area contributed by atoms with Gasteiger partial charge in [-0.15, -0.1) is 0 Å². The van der Waals surface area contributed by atoms with Crippen molar-refractivity contribution in [2.24, 2.45) is 0 Å². The lowest BCUT2D eigenvalue weighted by Crippen LogP contribution is -2.28. The Morgan fingerprint density at radius 3 is 2.55 bits per heavy atom. The highest BCUT2D eigenvalue weighted by Crippen LogP contribution is 2.52. The third-order valence-corrected chi connectivity index (χ3v) is 4.25. The molecule has 2 aliphatic rings. The Bertz CT molecular complexity index is 499. The van der Waals surface area contributed by atoms with Crippen molar-refractivity contribution >= 4 is 0 Å². The van der Waals surface area contributed by atoms with Crippen LogP contribution in [0.4, 0.5) is 17.6 Å². The van der Waals surface area contributed by atoms with Gasteiger partial charge in [0.05, 0.1) is 5.56 Å². The number of halogens is 4. The van der Waals surface area contributed by atoms with Crippen LogP contribution in [0.3, 0.4) is 0 Å². The number of rotatable bonds is 3. The minimum absolute atomic E-state index is 0.261. The normalized spacial score (nSPS) is 24.9. The molecule has 3 rings (SSSR count). The fourth-order valence-corrected chi connectivity index (χ4v) is 2.98. The van der Waals surface area contributed by atoms with Crippen LogP contribution in [0.5, 0.6) is 0 Å². The molecule has 1 heterocycles. The largest absolute Gasteiger partial charge is 0.419 e. The molecule has 0 bridgehead atoms. The molecule has 1 aromatic rings. The third-order valence-electron chi connectivity index (χ3n) is 4.25. The molecule has 1 saturated heterocycles. The van der Waals surface area contributed by atoms with Gasteiger partial charge < -0.3 is 5.32 Å². The smallest absolute Gasteiger partial charge is 0.314 e. The van der Waals surface area contributed by atoms with Crippen LogP contribution in [0.1, 0.15) is 36.8 Å². The van der Waals surface area contributed by atoms with Crippen LogP contribution in [-0.4, -0.2) is 12.6 Å². The van der Waals surface area contributed by atoms with Crippen molar-refractivity contribution in [3.05, 3.63) is 41.6 Å². The summed E-state index contributed by atoms with van der Waals surface area (Å²) in [5.41, 5.74) is -0.871. The van der Waals surface area contributed by atoms with E-state index in [-0.39, 0.29) is 11.5 Å². The Labute approximate surface area is 115 Å². The molecule has 1 radical (unpaired) electrons. The molecular formula is C15H16F4N. The molecule has 0 aromatic heterocycles. The lowest BCUT2D eigenvalue weighted by Gasteiger charge is -2.21. The Kier molecular flexibility index (Phi) is 3.27. The van der Waals surface area contributed by atoms with Crippen LogP contribution in [0.25, 0.3) is 0 Å². The van der Waals surface area contributed by atoms with Gasteiger partial charge in [-0.2, -0.15) is 13.2 Å². The summed E-state index contributed by atoms with van der Waals surface area (Å²) < 4.78 is 51.7. The van der Waals surface area contributed by atoms with Crippen LogP contribution >= 0.6 is 0 Å². The van der Waals surface area contributed by atoms with E-state index >= 15 is 0 Å². The fourth-order valence-electron chi connectivity index (χ4n) is 2.98. The van der Waals surface area contributed by atoms with E-state index in [1.165, 1.54) is 6.07 Å². The Morgan fingerprint density at radius 2 is 2.00 bits per heavy atom. The summed E-state index contributed by atoms with van der Waals surface area (Å²) >= 11 is 0. The van der Waals surface area contributed by atoms with Crippen molar-refractivity contribution in [1.29, 1.82) is 0 Å². The quantitative estimate of drug-likeness (QED) is 0.833. The zero-order chi connectivity index (χ0) is 14.4. The van der Waals surface area contributed by atoms with Crippen LogP contribution in [0.2, 0.25) is 0 Å². The summed E-state index contributed by atoms with van der Waals surface area (Å²) in [7, 11) is 0. The first-order chi connectivity index (χ1) is 9.41. The number of alkyl halides is 3. The molecule has 1 aliphatic carbocycles. The molecule has 1 aliphatic heterocycles. The first kappa shape index (κ1) is 13.9. The van der Waals surface area contributed by atoms with Crippen molar-refractivity contribution in [1.82, 2.24) is 5.32 Å². The van der Waals surface area contributed by atoms with Crippen LogP contribution in [0, 0.1) is 12.2 Å². The molecule has 109 valence electrons. The molecule has 1 nitrogen and oxygen atoms in total. The van der Waals surface area contributed by atoms with E-state index in [1.54, 1.807) is 0 Å². The summed E-state index contributed by atoms with van der Waals surface area (Å²) in [6.07, 6.45) is 1.28. The van der Waals surface area contributed by atoms with E-state index in [4.69, 9.17) is 0 Å². The zero-order valence-corrected chi connectivity index (χ0v) is 10.9. The molecule has 1 atom stereocenters. The number of hydrogen-bond donors (Lipinski definition) is 1. The standard InChI is InChI=1S/C15H16F4N/c16-13-4-3-10(8-12(13)15(17,18)19)14(5-6-14)9-11-2-1-7-20-11/h3-4,8-9,11,20H,1-2,5-7H2/t11-/m1/s1. The topological polar surface area (TPSA) is 12.0 Å². The van der Waals surface area contributed by atoms with Gasteiger partial charge in [0, 0.05) is 11.5 Å². The van der Waals surface area contributed by atoms with E-state index in [2.05, 4.69) is 11.7 Å². The highest BCUT2D eigenvalue weighted by Gasteiger charge is 2.47. The van der Waals surface area contributed by atoms with Gasteiger partial charge in [-0.3, -0.25) is 0 Å². The number of benzene rings is 1. The average Bonchev–Trinajstić information content (AvgIpc) is 2.96. The SMILES string of the molecule is Fc1ccc(C2([CH][C@H]3CCCN3)CC2)cc1C(F)(F)F. The molecule has 5 heteroatoms. The summed E-state index contributed by atoms with van der Waals surface area (Å²) in [5.74, 6) is -1.20. The van der Waals surface area contributed by atoms with Crippen molar-refractivity contribution in [2.75, 3.05) is 6.54 Å². The highest BCUT2D eigenvalue weighted by atomic mass is 19.4.